The third kappa shape index (κ3) is 4.87. The Bertz CT molecular complexity index is 477. The van der Waals surface area contributed by atoms with Crippen LogP contribution in [0.15, 0.2) is 18.2 Å². The summed E-state index contributed by atoms with van der Waals surface area (Å²) in [4.78, 5) is 25.5. The molecule has 0 saturated carbocycles. The highest BCUT2D eigenvalue weighted by Gasteiger charge is 2.23. The molecule has 1 unspecified atom stereocenters. The van der Waals surface area contributed by atoms with Gasteiger partial charge in [0.15, 0.2) is 0 Å². The highest BCUT2D eigenvalue weighted by molar-refractivity contribution is 7.12. The molecule has 1 amide bonds. The first-order valence-corrected chi connectivity index (χ1v) is 6.88. The molecule has 1 heterocycles. The van der Waals surface area contributed by atoms with Crippen molar-refractivity contribution in [1.82, 2.24) is 5.32 Å². The minimum absolute atomic E-state index is 0.0196. The summed E-state index contributed by atoms with van der Waals surface area (Å²) in [6, 6.07) is 3.32. The summed E-state index contributed by atoms with van der Waals surface area (Å²) >= 11 is 1.61. The molecule has 104 valence electrons. The van der Waals surface area contributed by atoms with E-state index in [2.05, 4.69) is 10.1 Å². The quantitative estimate of drug-likeness (QED) is 0.666. The van der Waals surface area contributed by atoms with Crippen LogP contribution in [-0.2, 0) is 14.3 Å². The van der Waals surface area contributed by atoms with Crippen molar-refractivity contribution in [3.8, 4) is 0 Å². The van der Waals surface area contributed by atoms with Gasteiger partial charge in [0.2, 0.25) is 5.91 Å². The minimum atomic E-state index is -0.618. The number of amides is 1. The van der Waals surface area contributed by atoms with Gasteiger partial charge in [0.1, 0.15) is 6.04 Å². The molecular weight excluding hydrogens is 262 g/mol. The Hall–Kier alpha value is -1.62. The Morgan fingerprint density at radius 3 is 2.53 bits per heavy atom. The predicted molar refractivity (Wildman–Crippen MR) is 76.9 cm³/mol. The molecule has 0 spiro atoms. The van der Waals surface area contributed by atoms with Crippen LogP contribution in [0.4, 0.5) is 0 Å². The smallest absolute Gasteiger partial charge is 0.328 e. The van der Waals surface area contributed by atoms with E-state index >= 15 is 0 Å². The van der Waals surface area contributed by atoms with Crippen molar-refractivity contribution in [3.05, 3.63) is 28.0 Å². The Kier molecular flexibility index (Phi) is 5.76. The molecule has 0 aliphatic heterocycles. The topological polar surface area (TPSA) is 55.4 Å². The summed E-state index contributed by atoms with van der Waals surface area (Å²) in [5.41, 5.74) is 0. The number of hydrogen-bond acceptors (Lipinski definition) is 4. The summed E-state index contributed by atoms with van der Waals surface area (Å²) in [6.07, 6.45) is 3.17. The number of methoxy groups -OCH3 is 1. The summed E-state index contributed by atoms with van der Waals surface area (Å²) in [6.45, 7) is 5.72. The number of thiophene rings is 1. The number of nitrogens with one attached hydrogen (secondary N) is 1. The molecular formula is C14H19NO3S. The Labute approximate surface area is 117 Å². The lowest BCUT2D eigenvalue weighted by Gasteiger charge is -2.18. The largest absolute Gasteiger partial charge is 0.467 e. The second-order valence-corrected chi connectivity index (χ2v) is 5.85. The maximum Gasteiger partial charge on any atom is 0.328 e. The van der Waals surface area contributed by atoms with Crippen LogP contribution in [0, 0.1) is 12.8 Å². The molecule has 19 heavy (non-hydrogen) atoms. The molecule has 0 saturated heterocycles. The van der Waals surface area contributed by atoms with E-state index in [0.29, 0.717) is 0 Å². The van der Waals surface area contributed by atoms with E-state index < -0.39 is 12.0 Å². The molecule has 1 aromatic heterocycles. The number of ether oxygens (including phenoxy) is 1. The highest BCUT2D eigenvalue weighted by Crippen LogP contribution is 2.16. The normalized spacial score (nSPS) is 12.7. The number of carbonyl (C=O) groups excluding carboxylic acids is 2. The molecule has 0 radical (unpaired) electrons. The summed E-state index contributed by atoms with van der Waals surface area (Å²) in [5.74, 6) is -0.743. The number of carbonyl (C=O) groups is 2. The van der Waals surface area contributed by atoms with Crippen molar-refractivity contribution >= 4 is 29.3 Å². The lowest BCUT2D eigenvalue weighted by Crippen LogP contribution is -2.44. The van der Waals surface area contributed by atoms with E-state index in [9.17, 15) is 9.59 Å². The van der Waals surface area contributed by atoms with Crippen LogP contribution in [-0.4, -0.2) is 25.0 Å². The summed E-state index contributed by atoms with van der Waals surface area (Å²) < 4.78 is 4.66. The molecule has 0 fully saturated rings. The van der Waals surface area contributed by atoms with Gasteiger partial charge >= 0.3 is 5.97 Å². The first-order valence-electron chi connectivity index (χ1n) is 6.07. The maximum absolute atomic E-state index is 11.8. The van der Waals surface area contributed by atoms with E-state index in [1.807, 2.05) is 32.9 Å². The van der Waals surface area contributed by atoms with Gasteiger partial charge < -0.3 is 10.1 Å². The molecule has 1 aromatic rings. The zero-order chi connectivity index (χ0) is 14.4. The van der Waals surface area contributed by atoms with Crippen molar-refractivity contribution in [2.75, 3.05) is 7.11 Å². The third-order valence-electron chi connectivity index (χ3n) is 2.58. The average Bonchev–Trinajstić information content (AvgIpc) is 2.78. The Morgan fingerprint density at radius 1 is 1.37 bits per heavy atom. The molecule has 1 N–H and O–H groups in total. The van der Waals surface area contributed by atoms with E-state index in [4.69, 9.17) is 0 Å². The van der Waals surface area contributed by atoms with Gasteiger partial charge in [0.25, 0.3) is 0 Å². The lowest BCUT2D eigenvalue weighted by molar-refractivity contribution is -0.145. The first-order chi connectivity index (χ1) is 8.93. The van der Waals surface area contributed by atoms with Gasteiger partial charge in [0, 0.05) is 15.8 Å². The molecule has 5 heteroatoms. The van der Waals surface area contributed by atoms with Crippen LogP contribution < -0.4 is 5.32 Å². The minimum Gasteiger partial charge on any atom is -0.467 e. The third-order valence-corrected chi connectivity index (χ3v) is 3.55. The van der Waals surface area contributed by atoms with Crippen LogP contribution >= 0.6 is 11.3 Å². The monoisotopic (exact) mass is 281 g/mol. The number of esters is 1. The molecule has 0 bridgehead atoms. The fraction of sp³-hybridized carbons (Fsp3) is 0.429. The van der Waals surface area contributed by atoms with E-state index in [1.54, 1.807) is 17.4 Å². The molecule has 0 aromatic carbocycles. The van der Waals surface area contributed by atoms with Crippen molar-refractivity contribution in [3.63, 3.8) is 0 Å². The second-order valence-electron chi connectivity index (χ2n) is 4.54. The predicted octanol–water partition coefficient (Wildman–Crippen LogP) is 2.38. The van der Waals surface area contributed by atoms with Crippen molar-refractivity contribution in [2.24, 2.45) is 5.92 Å². The summed E-state index contributed by atoms with van der Waals surface area (Å²) in [7, 11) is 1.31. The lowest BCUT2D eigenvalue weighted by atomic mass is 10.0. The highest BCUT2D eigenvalue weighted by atomic mass is 32.1. The molecule has 0 aliphatic rings. The molecule has 1 rings (SSSR count). The van der Waals surface area contributed by atoms with E-state index in [-0.39, 0.29) is 11.8 Å². The van der Waals surface area contributed by atoms with Crippen molar-refractivity contribution in [1.29, 1.82) is 0 Å². The fourth-order valence-corrected chi connectivity index (χ4v) is 2.31. The van der Waals surface area contributed by atoms with Gasteiger partial charge in [-0.1, -0.05) is 13.8 Å². The van der Waals surface area contributed by atoms with Crippen molar-refractivity contribution < 1.29 is 14.3 Å². The van der Waals surface area contributed by atoms with Crippen LogP contribution in [0.25, 0.3) is 6.08 Å². The fourth-order valence-electron chi connectivity index (χ4n) is 1.53. The van der Waals surface area contributed by atoms with Crippen LogP contribution in [0.5, 0.6) is 0 Å². The van der Waals surface area contributed by atoms with Gasteiger partial charge in [-0.05, 0) is 31.1 Å². The van der Waals surface area contributed by atoms with Crippen LogP contribution in [0.1, 0.15) is 23.6 Å². The zero-order valence-corrected chi connectivity index (χ0v) is 12.4. The molecule has 1 atom stereocenters. The van der Waals surface area contributed by atoms with Crippen molar-refractivity contribution in [2.45, 2.75) is 26.8 Å². The van der Waals surface area contributed by atoms with Gasteiger partial charge in [0.05, 0.1) is 7.11 Å². The van der Waals surface area contributed by atoms with Crippen LogP contribution in [0.2, 0.25) is 0 Å². The van der Waals surface area contributed by atoms with Crippen LogP contribution in [0.3, 0.4) is 0 Å². The zero-order valence-electron chi connectivity index (χ0n) is 11.6. The SMILES string of the molecule is COC(=O)C(NC(=O)/C=C/c1ccc(C)s1)C(C)C. The number of hydrogen-bond donors (Lipinski definition) is 1. The molecule has 0 aliphatic carbocycles. The number of aryl methyl sites for hydroxylation is 1. The summed E-state index contributed by atoms with van der Waals surface area (Å²) in [5, 5.41) is 2.65. The Morgan fingerprint density at radius 2 is 2.05 bits per heavy atom. The van der Waals surface area contributed by atoms with E-state index in [0.717, 1.165) is 4.88 Å². The first kappa shape index (κ1) is 15.4. The van der Waals surface area contributed by atoms with E-state index in [1.165, 1.54) is 18.1 Å². The molecule has 4 nitrogen and oxygen atoms in total. The average molecular weight is 281 g/mol. The maximum atomic E-state index is 11.8. The Balaban J connectivity index is 2.62. The van der Waals surface area contributed by atoms with Gasteiger partial charge in [-0.2, -0.15) is 0 Å². The van der Waals surface area contributed by atoms with Gasteiger partial charge in [-0.25, -0.2) is 4.79 Å². The number of rotatable bonds is 5. The van der Waals surface area contributed by atoms with Gasteiger partial charge in [-0.3, -0.25) is 4.79 Å². The second kappa shape index (κ2) is 7.09. The van der Waals surface area contributed by atoms with Gasteiger partial charge in [-0.15, -0.1) is 11.3 Å². The standard InChI is InChI=1S/C14H19NO3S/c1-9(2)13(14(17)18-4)15-12(16)8-7-11-6-5-10(3)19-11/h5-9,13H,1-4H3,(H,15,16)/b8-7+.